The number of nitrogens with zero attached hydrogens (tertiary/aromatic N) is 1. The van der Waals surface area contributed by atoms with E-state index in [1.807, 2.05) is 14.1 Å². The molecular weight excluding hydrogens is 152 g/mol. The first-order valence-electron chi connectivity index (χ1n) is 3.31. The van der Waals surface area contributed by atoms with Gasteiger partial charge in [-0.3, -0.25) is 4.59 Å². The van der Waals surface area contributed by atoms with E-state index in [4.69, 9.17) is 22.2 Å². The van der Waals surface area contributed by atoms with Gasteiger partial charge in [-0.15, -0.1) is 11.6 Å². The molecule has 4 heteroatoms. The Hall–Kier alpha value is 0.170. The third-order valence-corrected chi connectivity index (χ3v) is 1.19. The zero-order chi connectivity index (χ0) is 8.04. The van der Waals surface area contributed by atoms with Gasteiger partial charge in [0.25, 0.3) is 0 Å². The summed E-state index contributed by atoms with van der Waals surface area (Å²) in [6.45, 7) is 2.11. The van der Waals surface area contributed by atoms with Gasteiger partial charge in [-0.1, -0.05) is 0 Å². The van der Waals surface area contributed by atoms with Crippen LogP contribution < -0.4 is 5.84 Å². The van der Waals surface area contributed by atoms with E-state index in [9.17, 15) is 0 Å². The van der Waals surface area contributed by atoms with Gasteiger partial charge in [0.15, 0.2) is 0 Å². The Bertz CT molecular complexity index is 82.3. The normalized spacial score (nSPS) is 12.0. The zero-order valence-electron chi connectivity index (χ0n) is 6.64. The summed E-state index contributed by atoms with van der Waals surface area (Å²) in [7, 11) is 3.84. The van der Waals surface area contributed by atoms with Gasteiger partial charge in [0, 0.05) is 5.88 Å². The Kier molecular flexibility index (Phi) is 4.99. The van der Waals surface area contributed by atoms with E-state index < -0.39 is 0 Å². The average molecular weight is 168 g/mol. The van der Waals surface area contributed by atoms with E-state index in [1.165, 1.54) is 0 Å². The molecule has 0 saturated carbocycles. The van der Waals surface area contributed by atoms with Crippen LogP contribution in [-0.2, 0) is 4.74 Å². The number of rotatable bonds is 5. The van der Waals surface area contributed by atoms with Gasteiger partial charge in [0.2, 0.25) is 0 Å². The van der Waals surface area contributed by atoms with Crippen molar-refractivity contribution in [2.24, 2.45) is 5.84 Å². The second-order valence-electron chi connectivity index (χ2n) is 2.80. The standard InChI is InChI=1S/C6H16ClN2O/c1-9(2,8)4-6-10-5-3-7/h3-6,8H2,1-2H3/q+1. The number of likely N-dealkylation sites (N-methyl/N-ethyl adjacent to an activating group) is 1. The molecule has 3 nitrogen and oxygen atoms in total. The Balaban J connectivity index is 3.04. The van der Waals surface area contributed by atoms with Crippen molar-refractivity contribution in [3.8, 4) is 0 Å². The van der Waals surface area contributed by atoms with Crippen molar-refractivity contribution in [3.05, 3.63) is 0 Å². The van der Waals surface area contributed by atoms with Gasteiger partial charge < -0.3 is 4.74 Å². The highest BCUT2D eigenvalue weighted by Gasteiger charge is 2.06. The lowest BCUT2D eigenvalue weighted by Crippen LogP contribution is -2.48. The highest BCUT2D eigenvalue weighted by atomic mass is 35.5. The van der Waals surface area contributed by atoms with Crippen molar-refractivity contribution in [1.82, 2.24) is 0 Å². The van der Waals surface area contributed by atoms with Crippen LogP contribution >= 0.6 is 11.6 Å². The fourth-order valence-electron chi connectivity index (χ4n) is 0.456. The van der Waals surface area contributed by atoms with Gasteiger partial charge >= 0.3 is 0 Å². The second-order valence-corrected chi connectivity index (χ2v) is 3.18. The highest BCUT2D eigenvalue weighted by molar-refractivity contribution is 6.17. The summed E-state index contributed by atoms with van der Waals surface area (Å²) in [5.41, 5.74) is 0. The average Bonchev–Trinajstić information content (AvgIpc) is 1.78. The fraction of sp³-hybridized carbons (Fsp3) is 1.00. The first-order valence-corrected chi connectivity index (χ1v) is 3.85. The van der Waals surface area contributed by atoms with Crippen LogP contribution in [0.3, 0.4) is 0 Å². The molecule has 0 amide bonds. The predicted molar refractivity (Wildman–Crippen MR) is 42.7 cm³/mol. The monoisotopic (exact) mass is 167 g/mol. The molecule has 0 aliphatic rings. The van der Waals surface area contributed by atoms with Crippen LogP contribution in [-0.4, -0.2) is 44.3 Å². The predicted octanol–water partition coefficient (Wildman–Crippen LogP) is 0.192. The van der Waals surface area contributed by atoms with Crippen molar-refractivity contribution in [2.45, 2.75) is 0 Å². The molecule has 2 N–H and O–H groups in total. The molecule has 0 aliphatic heterocycles. The number of nitrogens with two attached hydrogens (primary N) is 1. The molecule has 0 unspecified atom stereocenters. The summed E-state index contributed by atoms with van der Waals surface area (Å²) in [5, 5.41) is 0. The molecule has 0 rings (SSSR count). The first-order chi connectivity index (χ1) is 4.56. The van der Waals surface area contributed by atoms with Gasteiger partial charge in [0.05, 0.1) is 27.3 Å². The Morgan fingerprint density at radius 2 is 2.00 bits per heavy atom. The summed E-state index contributed by atoms with van der Waals surface area (Å²) < 4.78 is 5.58. The number of hydrogen-bond donors (Lipinski definition) is 1. The molecule has 0 heterocycles. The number of halogens is 1. The lowest BCUT2D eigenvalue weighted by Gasteiger charge is -2.21. The Morgan fingerprint density at radius 3 is 2.40 bits per heavy atom. The Labute approximate surface area is 67.3 Å². The van der Waals surface area contributed by atoms with Gasteiger partial charge in [-0.05, 0) is 0 Å². The van der Waals surface area contributed by atoms with E-state index in [0.29, 0.717) is 23.7 Å². The van der Waals surface area contributed by atoms with E-state index in [2.05, 4.69) is 0 Å². The third-order valence-electron chi connectivity index (χ3n) is 1.03. The summed E-state index contributed by atoms with van der Waals surface area (Å²) in [6, 6.07) is 0. The Morgan fingerprint density at radius 1 is 1.40 bits per heavy atom. The fourth-order valence-corrected chi connectivity index (χ4v) is 0.566. The lowest BCUT2D eigenvalue weighted by atomic mass is 10.6. The molecule has 0 saturated heterocycles. The van der Waals surface area contributed by atoms with Crippen LogP contribution in [0, 0.1) is 0 Å². The SMILES string of the molecule is C[N+](C)(N)CCOCCCl. The molecule has 0 aromatic rings. The topological polar surface area (TPSA) is 35.2 Å². The van der Waals surface area contributed by atoms with Gasteiger partial charge in [-0.2, -0.15) is 5.84 Å². The van der Waals surface area contributed by atoms with Gasteiger partial charge in [-0.25, -0.2) is 0 Å². The van der Waals surface area contributed by atoms with Crippen molar-refractivity contribution < 1.29 is 9.33 Å². The molecular formula is C6H16ClN2O+. The largest absolute Gasteiger partial charge is 0.374 e. The molecule has 0 aromatic heterocycles. The van der Waals surface area contributed by atoms with Gasteiger partial charge in [0.1, 0.15) is 6.54 Å². The van der Waals surface area contributed by atoms with Crippen LogP contribution in [0.4, 0.5) is 0 Å². The van der Waals surface area contributed by atoms with E-state index in [0.717, 1.165) is 6.54 Å². The summed E-state index contributed by atoms with van der Waals surface area (Å²) in [6.07, 6.45) is 0. The molecule has 62 valence electrons. The zero-order valence-corrected chi connectivity index (χ0v) is 7.40. The quantitative estimate of drug-likeness (QED) is 0.209. The van der Waals surface area contributed by atoms with Crippen molar-refractivity contribution in [3.63, 3.8) is 0 Å². The molecule has 0 radical (unpaired) electrons. The van der Waals surface area contributed by atoms with Crippen molar-refractivity contribution >= 4 is 11.6 Å². The van der Waals surface area contributed by atoms with Crippen LogP contribution in [0.1, 0.15) is 0 Å². The molecule has 10 heavy (non-hydrogen) atoms. The summed E-state index contributed by atoms with van der Waals surface area (Å²) in [5.74, 6) is 6.20. The molecule has 0 aliphatic carbocycles. The first kappa shape index (κ1) is 10.2. The van der Waals surface area contributed by atoms with Crippen LogP contribution in [0.5, 0.6) is 0 Å². The molecule has 0 spiro atoms. The minimum Gasteiger partial charge on any atom is -0.374 e. The van der Waals surface area contributed by atoms with Crippen LogP contribution in [0.15, 0.2) is 0 Å². The minimum atomic E-state index is 0.447. The summed E-state index contributed by atoms with van der Waals surface area (Å²) >= 11 is 5.39. The highest BCUT2D eigenvalue weighted by Crippen LogP contribution is 1.85. The van der Waals surface area contributed by atoms with E-state index in [-0.39, 0.29) is 0 Å². The maximum atomic E-state index is 5.64. The molecule has 0 bridgehead atoms. The lowest BCUT2D eigenvalue weighted by molar-refractivity contribution is -0.902. The molecule has 0 atom stereocenters. The second kappa shape index (κ2) is 4.91. The smallest absolute Gasteiger partial charge is 0.119 e. The molecule has 0 fully saturated rings. The third kappa shape index (κ3) is 8.17. The maximum Gasteiger partial charge on any atom is 0.119 e. The number of hydrogen-bond acceptors (Lipinski definition) is 2. The minimum absolute atomic E-state index is 0.447. The van der Waals surface area contributed by atoms with Crippen LogP contribution in [0.25, 0.3) is 0 Å². The summed E-state index contributed by atoms with van der Waals surface area (Å²) in [4.78, 5) is 0. The maximum absolute atomic E-state index is 5.64. The van der Waals surface area contributed by atoms with Crippen LogP contribution in [0.2, 0.25) is 0 Å². The number of quaternary nitrogens is 1. The van der Waals surface area contributed by atoms with E-state index in [1.54, 1.807) is 0 Å². The van der Waals surface area contributed by atoms with Crippen molar-refractivity contribution in [1.29, 1.82) is 0 Å². The van der Waals surface area contributed by atoms with E-state index >= 15 is 0 Å². The molecule has 0 aromatic carbocycles. The number of ether oxygens (including phenoxy) is 1. The number of alkyl halides is 1. The van der Waals surface area contributed by atoms with Crippen molar-refractivity contribution in [2.75, 3.05) is 39.7 Å².